The maximum absolute atomic E-state index is 12.6. The Kier molecular flexibility index (Phi) is 3.24. The highest BCUT2D eigenvalue weighted by Crippen LogP contribution is 2.56. The molecule has 2 amide bonds. The summed E-state index contributed by atoms with van der Waals surface area (Å²) >= 11 is 0. The van der Waals surface area contributed by atoms with Gasteiger partial charge in [0, 0.05) is 7.05 Å². The van der Waals surface area contributed by atoms with Crippen LogP contribution in [0.5, 0.6) is 11.5 Å². The Balaban J connectivity index is 1.72. The van der Waals surface area contributed by atoms with Gasteiger partial charge in [-0.15, -0.1) is 0 Å². The monoisotopic (exact) mass is 363 g/mol. The van der Waals surface area contributed by atoms with Crippen LogP contribution in [0.3, 0.4) is 0 Å². The quantitative estimate of drug-likeness (QED) is 0.797. The van der Waals surface area contributed by atoms with Crippen LogP contribution in [0.25, 0.3) is 11.1 Å². The summed E-state index contributed by atoms with van der Waals surface area (Å²) in [6, 6.07) is 13.5. The molecule has 2 aromatic rings. The molecule has 4 atom stereocenters. The average molecular weight is 363 g/mol. The topological polar surface area (TPSA) is 87.1 Å². The number of hydrogen-bond donors (Lipinski definition) is 2. The molecule has 3 aliphatic heterocycles. The highest BCUT2D eigenvalue weighted by atomic mass is 16.5. The number of benzene rings is 2. The van der Waals surface area contributed by atoms with Gasteiger partial charge in [0.1, 0.15) is 11.5 Å². The number of rotatable bonds is 2. The first kappa shape index (κ1) is 16.1. The summed E-state index contributed by atoms with van der Waals surface area (Å²) in [5.74, 6) is -1.15. The fraction of sp³-hybridized carbons (Fsp3) is 0.238. The molecule has 6 heteroatoms. The summed E-state index contributed by atoms with van der Waals surface area (Å²) in [7, 11) is 1.52. The molecule has 3 heterocycles. The molecular formula is C21H17NO5. The van der Waals surface area contributed by atoms with E-state index < -0.39 is 24.0 Å². The number of ether oxygens (including phenoxy) is 1. The number of hydrogen-bond acceptors (Lipinski definition) is 5. The van der Waals surface area contributed by atoms with Crippen LogP contribution < -0.4 is 0 Å². The third-order valence-corrected chi connectivity index (χ3v) is 5.78. The molecule has 0 aliphatic carbocycles. The van der Waals surface area contributed by atoms with E-state index in [0.29, 0.717) is 0 Å². The number of aromatic hydroxyl groups is 2. The average Bonchev–Trinajstić information content (AvgIpc) is 3.29. The highest BCUT2D eigenvalue weighted by Gasteiger charge is 2.64. The molecule has 2 saturated heterocycles. The predicted octanol–water partition coefficient (Wildman–Crippen LogP) is 2.02. The van der Waals surface area contributed by atoms with E-state index in [-0.39, 0.29) is 23.3 Å². The molecule has 2 bridgehead atoms. The summed E-state index contributed by atoms with van der Waals surface area (Å²) in [6.45, 7) is 0. The van der Waals surface area contributed by atoms with Crippen molar-refractivity contribution in [3.63, 3.8) is 0 Å². The smallest absolute Gasteiger partial charge is 0.235 e. The van der Waals surface area contributed by atoms with Gasteiger partial charge >= 0.3 is 0 Å². The Labute approximate surface area is 155 Å². The SMILES string of the molecule is CN1C(=O)[C@@H]2[C@H](C1=O)[C@@H]1O[C@@H]2C(c2ccc(O)cc2)=C1c1ccc(O)cc1. The molecular weight excluding hydrogens is 346 g/mol. The number of amides is 2. The zero-order valence-corrected chi connectivity index (χ0v) is 14.5. The molecule has 0 aromatic heterocycles. The molecule has 5 rings (SSSR count). The Hall–Kier alpha value is -3.12. The molecule has 27 heavy (non-hydrogen) atoms. The van der Waals surface area contributed by atoms with Crippen LogP contribution in [-0.4, -0.2) is 46.2 Å². The van der Waals surface area contributed by atoms with Crippen LogP contribution in [0.15, 0.2) is 48.5 Å². The van der Waals surface area contributed by atoms with Gasteiger partial charge in [-0.25, -0.2) is 0 Å². The molecule has 2 N–H and O–H groups in total. The highest BCUT2D eigenvalue weighted by molar-refractivity contribution is 6.12. The van der Waals surface area contributed by atoms with Gasteiger partial charge in [0.15, 0.2) is 0 Å². The molecule has 136 valence electrons. The van der Waals surface area contributed by atoms with E-state index in [1.165, 1.54) is 11.9 Å². The van der Waals surface area contributed by atoms with Crippen LogP contribution in [0, 0.1) is 11.8 Å². The van der Waals surface area contributed by atoms with Crippen molar-refractivity contribution in [2.45, 2.75) is 12.2 Å². The number of nitrogens with zero attached hydrogens (tertiary/aromatic N) is 1. The lowest BCUT2D eigenvalue weighted by atomic mass is 9.73. The molecule has 2 aromatic carbocycles. The van der Waals surface area contributed by atoms with Crippen molar-refractivity contribution in [2.75, 3.05) is 7.05 Å². The second-order valence-corrected chi connectivity index (χ2v) is 7.19. The first-order valence-corrected chi connectivity index (χ1v) is 8.77. The van der Waals surface area contributed by atoms with E-state index >= 15 is 0 Å². The predicted molar refractivity (Wildman–Crippen MR) is 96.4 cm³/mol. The molecule has 0 radical (unpaired) electrons. The fourth-order valence-electron chi connectivity index (χ4n) is 4.55. The second-order valence-electron chi connectivity index (χ2n) is 7.19. The maximum atomic E-state index is 12.6. The molecule has 6 nitrogen and oxygen atoms in total. The van der Waals surface area contributed by atoms with E-state index in [2.05, 4.69) is 0 Å². The summed E-state index contributed by atoms with van der Waals surface area (Å²) in [5, 5.41) is 19.3. The van der Waals surface area contributed by atoms with Crippen LogP contribution in [0.2, 0.25) is 0 Å². The number of likely N-dealkylation sites (tertiary alicyclic amines) is 1. The van der Waals surface area contributed by atoms with Gasteiger partial charge in [0.2, 0.25) is 11.8 Å². The largest absolute Gasteiger partial charge is 0.508 e. The van der Waals surface area contributed by atoms with Gasteiger partial charge in [-0.05, 0) is 46.5 Å². The second kappa shape index (κ2) is 5.44. The Morgan fingerprint density at radius 3 is 1.48 bits per heavy atom. The minimum atomic E-state index is -0.517. The van der Waals surface area contributed by atoms with Crippen molar-refractivity contribution >= 4 is 23.0 Å². The standard InChI is InChI=1S/C21H17NO5/c1-22-20(25)16-17(21(22)26)19-15(11-4-8-13(24)9-5-11)14(18(16)27-19)10-2-6-12(23)7-3-10/h2-9,16-19,23-24H,1H3/t16-,17+,18-,19-/m1/s1. The van der Waals surface area contributed by atoms with Crippen LogP contribution >= 0.6 is 0 Å². The lowest BCUT2D eigenvalue weighted by Gasteiger charge is -2.24. The number of fused-ring (bicyclic) bond motifs is 5. The van der Waals surface area contributed by atoms with Gasteiger partial charge in [0.05, 0.1) is 24.0 Å². The molecule has 0 spiro atoms. The first-order chi connectivity index (χ1) is 13.0. The Bertz CT molecular complexity index is 913. The fourth-order valence-corrected chi connectivity index (χ4v) is 4.55. The molecule has 3 aliphatic rings. The van der Waals surface area contributed by atoms with Crippen molar-refractivity contribution in [2.24, 2.45) is 11.8 Å². The first-order valence-electron chi connectivity index (χ1n) is 8.77. The summed E-state index contributed by atoms with van der Waals surface area (Å²) in [4.78, 5) is 26.5. The number of carbonyl (C=O) groups is 2. The van der Waals surface area contributed by atoms with E-state index in [1.54, 1.807) is 48.5 Å². The van der Waals surface area contributed by atoms with Crippen molar-refractivity contribution in [1.29, 1.82) is 0 Å². The van der Waals surface area contributed by atoms with Gasteiger partial charge in [-0.1, -0.05) is 24.3 Å². The molecule has 0 unspecified atom stereocenters. The Morgan fingerprint density at radius 2 is 1.11 bits per heavy atom. The normalized spacial score (nSPS) is 29.0. The van der Waals surface area contributed by atoms with Gasteiger partial charge in [0.25, 0.3) is 0 Å². The van der Waals surface area contributed by atoms with Crippen LogP contribution in [-0.2, 0) is 14.3 Å². The maximum Gasteiger partial charge on any atom is 0.235 e. The van der Waals surface area contributed by atoms with Crippen molar-refractivity contribution in [1.82, 2.24) is 4.90 Å². The van der Waals surface area contributed by atoms with Crippen LogP contribution in [0.4, 0.5) is 0 Å². The van der Waals surface area contributed by atoms with Crippen molar-refractivity contribution in [3.8, 4) is 11.5 Å². The zero-order chi connectivity index (χ0) is 18.9. The third-order valence-electron chi connectivity index (χ3n) is 5.78. The summed E-state index contributed by atoms with van der Waals surface area (Å²) in [6.07, 6.45) is -1.01. The van der Waals surface area contributed by atoms with Crippen molar-refractivity contribution in [3.05, 3.63) is 59.7 Å². The minimum Gasteiger partial charge on any atom is -0.508 e. The molecule has 0 saturated carbocycles. The lowest BCUT2D eigenvalue weighted by molar-refractivity contribution is -0.140. The summed E-state index contributed by atoms with van der Waals surface area (Å²) in [5.41, 5.74) is 3.42. The van der Waals surface area contributed by atoms with E-state index in [9.17, 15) is 19.8 Å². The van der Waals surface area contributed by atoms with E-state index in [4.69, 9.17) is 4.74 Å². The Morgan fingerprint density at radius 1 is 0.741 bits per heavy atom. The van der Waals surface area contributed by atoms with E-state index in [1.807, 2.05) is 0 Å². The summed E-state index contributed by atoms with van der Waals surface area (Å²) < 4.78 is 6.16. The van der Waals surface area contributed by atoms with Gasteiger partial charge in [-0.3, -0.25) is 14.5 Å². The van der Waals surface area contributed by atoms with Gasteiger partial charge < -0.3 is 14.9 Å². The van der Waals surface area contributed by atoms with E-state index in [0.717, 1.165) is 22.3 Å². The number of phenolic OH excluding ortho intramolecular Hbond substituents is 2. The zero-order valence-electron chi connectivity index (χ0n) is 14.5. The van der Waals surface area contributed by atoms with Crippen molar-refractivity contribution < 1.29 is 24.5 Å². The van der Waals surface area contributed by atoms with Gasteiger partial charge in [-0.2, -0.15) is 0 Å². The number of imide groups is 1. The third kappa shape index (κ3) is 2.10. The van der Waals surface area contributed by atoms with Crippen LogP contribution in [0.1, 0.15) is 11.1 Å². The number of phenols is 2. The number of carbonyl (C=O) groups excluding carboxylic acids is 2. The lowest BCUT2D eigenvalue weighted by Crippen LogP contribution is -2.30. The minimum absolute atomic E-state index is 0.152. The molecule has 2 fully saturated rings.